The zero-order valence-electron chi connectivity index (χ0n) is 39.9. The van der Waals surface area contributed by atoms with Crippen LogP contribution in [0.5, 0.6) is 0 Å². The van der Waals surface area contributed by atoms with Crippen molar-refractivity contribution < 1.29 is 18.3 Å². The molecule has 0 aliphatic heterocycles. The molecule has 6 aliphatic rings. The van der Waals surface area contributed by atoms with Gasteiger partial charge >= 0.3 is 362 Å². The van der Waals surface area contributed by atoms with Gasteiger partial charge in [0.15, 0.2) is 0 Å². The molecule has 4 fully saturated rings. The molecule has 3 heteroatoms. The van der Waals surface area contributed by atoms with E-state index in [1.165, 1.54) is 83.2 Å². The van der Waals surface area contributed by atoms with Crippen molar-refractivity contribution in [3.8, 4) is 11.1 Å². The Morgan fingerprint density at radius 3 is 1.43 bits per heavy atom. The van der Waals surface area contributed by atoms with Gasteiger partial charge in [-0.3, -0.25) is 0 Å². The van der Waals surface area contributed by atoms with Crippen LogP contribution < -0.4 is 9.81 Å². The third-order valence-corrected chi connectivity index (χ3v) is 33.2. The van der Waals surface area contributed by atoms with Crippen LogP contribution in [-0.2, 0) is 46.4 Å². The molecule has 1 atom stereocenters. The van der Waals surface area contributed by atoms with E-state index < -0.39 is 18.3 Å². The molecule has 4 aromatic rings. The summed E-state index contributed by atoms with van der Waals surface area (Å²) in [5.41, 5.74) is 13.4. The Hall–Kier alpha value is -2.31. The first-order chi connectivity index (χ1) is 27.4. The molecule has 326 valence electrons. The van der Waals surface area contributed by atoms with Crippen LogP contribution in [0.4, 0.5) is 0 Å². The van der Waals surface area contributed by atoms with Crippen LogP contribution in [0.3, 0.4) is 0 Å². The van der Waals surface area contributed by atoms with Crippen LogP contribution >= 0.6 is 24.8 Å². The van der Waals surface area contributed by atoms with Gasteiger partial charge in [0.05, 0.1) is 0 Å². The number of benzene rings is 4. The van der Waals surface area contributed by atoms with E-state index in [2.05, 4.69) is 181 Å². The summed E-state index contributed by atoms with van der Waals surface area (Å²) in [7, 11) is 0. The fourth-order valence-corrected chi connectivity index (χ4v) is 29.8. The maximum atomic E-state index is 6.13. The second-order valence-corrected chi connectivity index (χ2v) is 37.5. The van der Waals surface area contributed by atoms with Crippen LogP contribution in [0, 0.1) is 35.5 Å². The SMILES string of the molecule is Cl.Cl.[CH2]=[Zr]([C]1=CC(C2C3CC4CC(C3)CC2C4)=CC1C)([c]1ccc(C(C)(C)C)cc1)([c]1ccc(C(C)(C)C)cc1)[c]1cc(C(C)(C)C)cc2c1Cc1ccc(C(C)(C)C)cc1-2. The molecule has 0 nitrogen and oxygen atoms in total. The van der Waals surface area contributed by atoms with E-state index in [1.54, 1.807) is 12.1 Å². The van der Waals surface area contributed by atoms with Gasteiger partial charge in [-0.1, -0.05) is 0 Å². The first kappa shape index (κ1) is 46.7. The summed E-state index contributed by atoms with van der Waals surface area (Å²) in [6.45, 7) is 31.0. The summed E-state index contributed by atoms with van der Waals surface area (Å²) < 4.78 is 12.3. The molecule has 0 amide bonds. The van der Waals surface area contributed by atoms with Crippen LogP contribution in [-0.4, -0.2) is 4.21 Å². The van der Waals surface area contributed by atoms with E-state index >= 15 is 0 Å². The summed E-state index contributed by atoms with van der Waals surface area (Å²) in [4.78, 5) is 0. The third kappa shape index (κ3) is 7.48. The quantitative estimate of drug-likeness (QED) is 0.165. The molecule has 0 radical (unpaired) electrons. The van der Waals surface area contributed by atoms with Crippen LogP contribution in [0.1, 0.15) is 155 Å². The molecular weight excluding hydrogens is 859 g/mol. The average molecular weight is 935 g/mol. The fourth-order valence-electron chi connectivity index (χ4n) is 13.4. The Bertz CT molecular complexity index is 2370. The van der Waals surface area contributed by atoms with Gasteiger partial charge in [0, 0.05) is 0 Å². The minimum atomic E-state index is -5.19. The van der Waals surface area contributed by atoms with E-state index in [1.807, 2.05) is 0 Å². The van der Waals surface area contributed by atoms with E-state index in [0.717, 1.165) is 30.1 Å². The summed E-state index contributed by atoms with van der Waals surface area (Å²) in [5.74, 6) is 4.67. The number of rotatable bonds is 5. The molecule has 0 N–H and O–H groups in total. The van der Waals surface area contributed by atoms with Crippen molar-refractivity contribution in [2.75, 3.05) is 0 Å². The molecule has 61 heavy (non-hydrogen) atoms. The molecule has 1 unspecified atom stereocenters. The minimum absolute atomic E-state index is 0. The molecule has 6 aliphatic carbocycles. The Morgan fingerprint density at radius 2 is 0.967 bits per heavy atom. The molecule has 4 saturated carbocycles. The van der Waals surface area contributed by atoms with Crippen molar-refractivity contribution in [1.82, 2.24) is 0 Å². The summed E-state index contributed by atoms with van der Waals surface area (Å²) in [6, 6.07) is 32.9. The normalized spacial score (nSPS) is 24.7. The zero-order chi connectivity index (χ0) is 42.3. The Kier molecular flexibility index (Phi) is 11.8. The second-order valence-electron chi connectivity index (χ2n) is 24.7. The van der Waals surface area contributed by atoms with Crippen molar-refractivity contribution in [1.29, 1.82) is 0 Å². The predicted octanol–water partition coefficient (Wildman–Crippen LogP) is 14.2. The monoisotopic (exact) mass is 932 g/mol. The molecule has 0 aromatic heterocycles. The van der Waals surface area contributed by atoms with Gasteiger partial charge in [0.1, 0.15) is 0 Å². The molecule has 4 bridgehead atoms. The average Bonchev–Trinajstić information content (AvgIpc) is 3.73. The van der Waals surface area contributed by atoms with E-state index in [9.17, 15) is 0 Å². The summed E-state index contributed by atoms with van der Waals surface area (Å²) >= 11 is -5.19. The van der Waals surface area contributed by atoms with Gasteiger partial charge in [-0.25, -0.2) is 0 Å². The molecule has 0 heterocycles. The second kappa shape index (κ2) is 15.4. The molecule has 4 aromatic carbocycles. The first-order valence-electron chi connectivity index (χ1n) is 23.4. The van der Waals surface area contributed by atoms with Crippen molar-refractivity contribution >= 4 is 38.8 Å². The van der Waals surface area contributed by atoms with Crippen molar-refractivity contribution in [2.45, 2.75) is 150 Å². The van der Waals surface area contributed by atoms with E-state index in [4.69, 9.17) is 4.21 Å². The van der Waals surface area contributed by atoms with Crippen LogP contribution in [0.2, 0.25) is 0 Å². The van der Waals surface area contributed by atoms with Gasteiger partial charge in [-0.2, -0.15) is 0 Å². The van der Waals surface area contributed by atoms with E-state index in [-0.39, 0.29) is 46.5 Å². The van der Waals surface area contributed by atoms with Crippen molar-refractivity contribution in [3.63, 3.8) is 0 Å². The van der Waals surface area contributed by atoms with Gasteiger partial charge in [-0.05, 0) is 0 Å². The maximum absolute atomic E-state index is 6.13. The van der Waals surface area contributed by atoms with Crippen LogP contribution in [0.25, 0.3) is 11.1 Å². The van der Waals surface area contributed by atoms with Crippen molar-refractivity contribution in [3.05, 3.63) is 133 Å². The predicted molar refractivity (Wildman–Crippen MR) is 269 cm³/mol. The van der Waals surface area contributed by atoms with Crippen LogP contribution in [0.15, 0.2) is 99.9 Å². The number of allylic oxidation sites excluding steroid dienone is 4. The Balaban J connectivity index is 0.00000281. The summed E-state index contributed by atoms with van der Waals surface area (Å²) in [5, 5.41) is 0. The molecular formula is C58H76Cl2Zr. The summed E-state index contributed by atoms with van der Waals surface area (Å²) in [6.07, 6.45) is 13.9. The third-order valence-electron chi connectivity index (χ3n) is 16.6. The number of fused-ring (bicyclic) bond motifs is 3. The Labute approximate surface area is 384 Å². The standard InChI is InChI=1S/C21H25.C16H21.2C10H13.CH2.2ClH.Zr/c1-20(2,3)16-9-7-14-11-15-8-10-17(21(4,5)6)13-19(15)18(14)12-16;1-10-2-3-13(4-10)16-14-6-11-5-12(8-14)9-15(16)7-11;2*1-10(2,3)9-7-5-4-6-8-9;;;;/h7,9-10,12-13H,11H2,1-6H3;3-4,10-12,14-16H,5-9H2,1H3;2*5-8H,1-3H3;1H2;2*1H;. The van der Waals surface area contributed by atoms with Gasteiger partial charge in [0.25, 0.3) is 0 Å². The van der Waals surface area contributed by atoms with Gasteiger partial charge in [0.2, 0.25) is 0 Å². The zero-order valence-corrected chi connectivity index (χ0v) is 44.0. The number of halogens is 2. The van der Waals surface area contributed by atoms with Crippen molar-refractivity contribution in [2.24, 2.45) is 35.5 Å². The van der Waals surface area contributed by atoms with Gasteiger partial charge in [-0.15, -0.1) is 24.8 Å². The first-order valence-corrected chi connectivity index (χ1v) is 30.1. The van der Waals surface area contributed by atoms with Gasteiger partial charge < -0.3 is 0 Å². The number of hydrogen-bond donors (Lipinski definition) is 0. The Morgan fingerprint density at radius 1 is 0.525 bits per heavy atom. The molecule has 10 rings (SSSR count). The topological polar surface area (TPSA) is 0 Å². The number of hydrogen-bond acceptors (Lipinski definition) is 0. The fraction of sp³-hybridized carbons (Fsp3) is 0.500. The van der Waals surface area contributed by atoms with E-state index in [0.29, 0.717) is 11.8 Å². The molecule has 0 saturated heterocycles. The molecule has 0 spiro atoms.